The Balaban J connectivity index is 2.42. The van der Waals surface area contributed by atoms with E-state index in [4.69, 9.17) is 18.0 Å². The molecule has 5 heteroatoms. The third kappa shape index (κ3) is 5.28. The summed E-state index contributed by atoms with van der Waals surface area (Å²) < 4.78 is 0.972. The summed E-state index contributed by atoms with van der Waals surface area (Å²) in [4.78, 5) is 12.1. The number of nitrogens with two attached hydrogens (primary N) is 1. The highest BCUT2D eigenvalue weighted by Gasteiger charge is 2.08. The molecule has 3 nitrogen and oxygen atoms in total. The molecule has 1 unspecified atom stereocenters. The average molecular weight is 315 g/mol. The number of hydrogen-bond acceptors (Lipinski definition) is 2. The molecule has 0 saturated carbocycles. The number of hydrogen-bond donors (Lipinski definition) is 2. The highest BCUT2D eigenvalue weighted by Crippen LogP contribution is 2.11. The first-order chi connectivity index (χ1) is 7.99. The summed E-state index contributed by atoms with van der Waals surface area (Å²) in [6, 6.07) is 7.68. The van der Waals surface area contributed by atoms with E-state index in [1.54, 1.807) is 0 Å². The number of benzene rings is 1. The van der Waals surface area contributed by atoms with Crippen LogP contribution in [0.3, 0.4) is 0 Å². The molecule has 0 heterocycles. The summed E-state index contributed by atoms with van der Waals surface area (Å²) in [6.07, 6.45) is 0.365. The minimum Gasteiger partial charge on any atom is -0.393 e. The van der Waals surface area contributed by atoms with E-state index in [-0.39, 0.29) is 11.8 Å². The molecule has 17 heavy (non-hydrogen) atoms. The monoisotopic (exact) mass is 314 g/mol. The number of thiocarbonyl (C=S) groups is 1. The number of rotatable bonds is 5. The van der Waals surface area contributed by atoms with Gasteiger partial charge in [-0.1, -0.05) is 47.2 Å². The van der Waals surface area contributed by atoms with Crippen LogP contribution in [0.1, 0.15) is 12.5 Å². The lowest BCUT2D eigenvalue weighted by atomic mass is 10.1. The van der Waals surface area contributed by atoms with Gasteiger partial charge in [-0.25, -0.2) is 0 Å². The van der Waals surface area contributed by atoms with Gasteiger partial charge in [-0.05, 0) is 17.7 Å². The lowest BCUT2D eigenvalue weighted by Crippen LogP contribution is -2.34. The fraction of sp³-hybridized carbons (Fsp3) is 0.333. The summed E-state index contributed by atoms with van der Waals surface area (Å²) in [6.45, 7) is 2.38. The normalized spacial score (nSPS) is 11.9. The molecular formula is C12H15BrN2OS. The highest BCUT2D eigenvalue weighted by molar-refractivity contribution is 9.10. The second-order valence-corrected chi connectivity index (χ2v) is 5.30. The van der Waals surface area contributed by atoms with Crippen molar-refractivity contribution in [2.24, 2.45) is 11.7 Å². The van der Waals surface area contributed by atoms with Crippen LogP contribution >= 0.6 is 28.1 Å². The zero-order valence-electron chi connectivity index (χ0n) is 9.57. The van der Waals surface area contributed by atoms with Crippen molar-refractivity contribution < 1.29 is 4.79 Å². The van der Waals surface area contributed by atoms with Crippen molar-refractivity contribution in [3.63, 3.8) is 0 Å². The van der Waals surface area contributed by atoms with Crippen LogP contribution in [-0.4, -0.2) is 17.4 Å². The van der Waals surface area contributed by atoms with Crippen molar-refractivity contribution in [1.29, 1.82) is 0 Å². The molecule has 1 rings (SSSR count). The van der Waals surface area contributed by atoms with Gasteiger partial charge in [0, 0.05) is 16.9 Å². The number of carbonyl (C=O) groups is 1. The van der Waals surface area contributed by atoms with E-state index in [9.17, 15) is 4.79 Å². The summed E-state index contributed by atoms with van der Waals surface area (Å²) in [7, 11) is 0. The van der Waals surface area contributed by atoms with E-state index < -0.39 is 0 Å². The van der Waals surface area contributed by atoms with E-state index in [1.165, 1.54) is 0 Å². The Morgan fingerprint density at radius 2 is 2.29 bits per heavy atom. The molecule has 0 spiro atoms. The zero-order chi connectivity index (χ0) is 12.8. The Labute approximate surface area is 115 Å². The maximum absolute atomic E-state index is 11.6. The van der Waals surface area contributed by atoms with Crippen LogP contribution in [0.2, 0.25) is 0 Å². The van der Waals surface area contributed by atoms with Crippen molar-refractivity contribution in [2.45, 2.75) is 13.3 Å². The number of carbonyl (C=O) groups excluding carboxylic acids is 1. The molecule has 0 radical (unpaired) electrons. The molecule has 3 N–H and O–H groups in total. The molecule has 0 bridgehead atoms. The lowest BCUT2D eigenvalue weighted by molar-refractivity contribution is -0.120. The predicted octanol–water partition coefficient (Wildman–Crippen LogP) is 2.03. The van der Waals surface area contributed by atoms with E-state index in [2.05, 4.69) is 21.2 Å². The second kappa shape index (κ2) is 6.71. The quantitative estimate of drug-likeness (QED) is 0.818. The van der Waals surface area contributed by atoms with E-state index in [0.717, 1.165) is 10.0 Å². The fourth-order valence-electron chi connectivity index (χ4n) is 1.26. The lowest BCUT2D eigenvalue weighted by Gasteiger charge is -2.10. The number of nitrogens with one attached hydrogen (secondary N) is 1. The maximum Gasteiger partial charge on any atom is 0.224 e. The Morgan fingerprint density at radius 1 is 1.59 bits per heavy atom. The molecule has 0 fully saturated rings. The van der Waals surface area contributed by atoms with Crippen LogP contribution in [0.15, 0.2) is 28.7 Å². The van der Waals surface area contributed by atoms with Crippen molar-refractivity contribution in [1.82, 2.24) is 5.32 Å². The number of amides is 1. The molecule has 0 aliphatic carbocycles. The van der Waals surface area contributed by atoms with E-state index in [1.807, 2.05) is 31.2 Å². The first kappa shape index (κ1) is 14.1. The van der Waals surface area contributed by atoms with Gasteiger partial charge in [0.25, 0.3) is 0 Å². The van der Waals surface area contributed by atoms with Gasteiger partial charge in [0.15, 0.2) is 0 Å². The van der Waals surface area contributed by atoms with Crippen LogP contribution in [0.5, 0.6) is 0 Å². The average Bonchev–Trinajstić information content (AvgIpc) is 2.25. The van der Waals surface area contributed by atoms with Gasteiger partial charge in [-0.3, -0.25) is 4.79 Å². The Hall–Kier alpha value is -0.940. The van der Waals surface area contributed by atoms with Gasteiger partial charge < -0.3 is 11.1 Å². The topological polar surface area (TPSA) is 55.1 Å². The van der Waals surface area contributed by atoms with Crippen molar-refractivity contribution >= 4 is 39.0 Å². The SMILES string of the molecule is CC(CNC(=O)Cc1cccc(Br)c1)C(N)=S. The van der Waals surface area contributed by atoms with E-state index in [0.29, 0.717) is 18.0 Å². The van der Waals surface area contributed by atoms with Gasteiger partial charge in [0.05, 0.1) is 11.4 Å². The minimum absolute atomic E-state index is 0.0220. The van der Waals surface area contributed by atoms with Crippen LogP contribution in [-0.2, 0) is 11.2 Å². The summed E-state index contributed by atoms with van der Waals surface area (Å²) in [5.41, 5.74) is 6.44. The van der Waals surface area contributed by atoms with Gasteiger partial charge in [-0.15, -0.1) is 0 Å². The first-order valence-electron chi connectivity index (χ1n) is 5.29. The Morgan fingerprint density at radius 3 is 2.88 bits per heavy atom. The Kier molecular flexibility index (Phi) is 5.58. The van der Waals surface area contributed by atoms with Crippen molar-refractivity contribution in [3.05, 3.63) is 34.3 Å². The van der Waals surface area contributed by atoms with E-state index >= 15 is 0 Å². The van der Waals surface area contributed by atoms with Gasteiger partial charge in [-0.2, -0.15) is 0 Å². The Bertz CT molecular complexity index is 423. The molecular weight excluding hydrogens is 300 g/mol. The number of halogens is 1. The zero-order valence-corrected chi connectivity index (χ0v) is 12.0. The fourth-order valence-corrected chi connectivity index (χ4v) is 1.79. The molecule has 1 aromatic rings. The molecule has 0 aliphatic heterocycles. The molecule has 1 aromatic carbocycles. The van der Waals surface area contributed by atoms with Gasteiger partial charge >= 0.3 is 0 Å². The largest absolute Gasteiger partial charge is 0.393 e. The van der Waals surface area contributed by atoms with Crippen molar-refractivity contribution in [3.8, 4) is 0 Å². The summed E-state index contributed by atoms with van der Waals surface area (Å²) in [5, 5.41) is 2.81. The second-order valence-electron chi connectivity index (χ2n) is 3.91. The van der Waals surface area contributed by atoms with Crippen LogP contribution in [0, 0.1) is 5.92 Å². The third-order valence-electron chi connectivity index (χ3n) is 2.34. The summed E-state index contributed by atoms with van der Waals surface area (Å²) >= 11 is 8.21. The highest BCUT2D eigenvalue weighted by atomic mass is 79.9. The molecule has 0 saturated heterocycles. The van der Waals surface area contributed by atoms with Crippen LogP contribution in [0.4, 0.5) is 0 Å². The maximum atomic E-state index is 11.6. The smallest absolute Gasteiger partial charge is 0.224 e. The minimum atomic E-state index is -0.0220. The van der Waals surface area contributed by atoms with Gasteiger partial charge in [0.2, 0.25) is 5.91 Å². The van der Waals surface area contributed by atoms with Crippen LogP contribution in [0.25, 0.3) is 0 Å². The molecule has 0 aliphatic rings. The predicted molar refractivity (Wildman–Crippen MR) is 76.8 cm³/mol. The summed E-state index contributed by atoms with van der Waals surface area (Å²) in [5.74, 6) is 0.00246. The third-order valence-corrected chi connectivity index (χ3v) is 3.24. The first-order valence-corrected chi connectivity index (χ1v) is 6.49. The molecule has 1 amide bonds. The molecule has 92 valence electrons. The molecule has 0 aromatic heterocycles. The van der Waals surface area contributed by atoms with Gasteiger partial charge in [0.1, 0.15) is 0 Å². The molecule has 1 atom stereocenters. The van der Waals surface area contributed by atoms with Crippen LogP contribution < -0.4 is 11.1 Å². The van der Waals surface area contributed by atoms with Crippen molar-refractivity contribution in [2.75, 3.05) is 6.54 Å². The standard InChI is InChI=1S/C12H15BrN2OS/c1-8(12(14)17)7-15-11(16)6-9-3-2-4-10(13)5-9/h2-5,8H,6-7H2,1H3,(H2,14,17)(H,15,16).